The van der Waals surface area contributed by atoms with E-state index < -0.39 is 31.0 Å². The van der Waals surface area contributed by atoms with Crippen LogP contribution >= 0.6 is 15.9 Å². The number of benzene rings is 1. The predicted molar refractivity (Wildman–Crippen MR) is 58.7 cm³/mol. The van der Waals surface area contributed by atoms with E-state index in [0.29, 0.717) is 0 Å². The normalized spacial score (nSPS) is 11.9. The molecule has 17 heavy (non-hydrogen) atoms. The summed E-state index contributed by atoms with van der Waals surface area (Å²) in [7, 11) is 0. The number of carbonyl (C=O) groups excluding carboxylic acids is 1. The number of rotatable bonds is 5. The van der Waals surface area contributed by atoms with Crippen LogP contribution in [-0.2, 0) is 0 Å². The minimum Gasteiger partial charge on any atom is -0.294 e. The fourth-order valence-corrected chi connectivity index (χ4v) is 1.43. The van der Waals surface area contributed by atoms with Gasteiger partial charge >= 0.3 is 12.3 Å². The minimum absolute atomic E-state index is 0.235. The zero-order valence-electron chi connectivity index (χ0n) is 8.60. The van der Waals surface area contributed by atoms with Gasteiger partial charge in [-0.15, -0.1) is 0 Å². The van der Waals surface area contributed by atoms with Crippen LogP contribution < -0.4 is 0 Å². The summed E-state index contributed by atoms with van der Waals surface area (Å²) in [5, 5.41) is 0. The Morgan fingerprint density at radius 3 is 2.24 bits per heavy atom. The first-order chi connectivity index (χ1) is 7.83. The van der Waals surface area contributed by atoms with E-state index in [2.05, 4.69) is 15.9 Å². The summed E-state index contributed by atoms with van der Waals surface area (Å²) in [5.74, 6) is -4.68. The quantitative estimate of drug-likeness (QED) is 0.585. The van der Waals surface area contributed by atoms with E-state index >= 15 is 0 Å². The Morgan fingerprint density at radius 1 is 1.24 bits per heavy atom. The molecule has 0 aliphatic rings. The predicted octanol–water partition coefficient (Wildman–Crippen LogP) is 4.31. The van der Waals surface area contributed by atoms with Crippen molar-refractivity contribution in [1.82, 2.24) is 0 Å². The molecule has 1 nitrogen and oxygen atoms in total. The van der Waals surface area contributed by atoms with Gasteiger partial charge in [0.2, 0.25) is 0 Å². The van der Waals surface area contributed by atoms with Crippen molar-refractivity contribution in [1.29, 1.82) is 0 Å². The number of alkyl halides is 4. The molecule has 0 aliphatic heterocycles. The van der Waals surface area contributed by atoms with E-state index in [1.165, 1.54) is 12.1 Å². The molecule has 0 saturated carbocycles. The van der Waals surface area contributed by atoms with Crippen molar-refractivity contribution in [3.63, 3.8) is 0 Å². The summed E-state index contributed by atoms with van der Waals surface area (Å²) < 4.78 is 49.6. The summed E-state index contributed by atoms with van der Waals surface area (Å²) in [6, 6.07) is 6.07. The Labute approximate surface area is 104 Å². The zero-order valence-corrected chi connectivity index (χ0v) is 10.2. The minimum atomic E-state index is -4.11. The molecular weight excluding hydrogens is 304 g/mol. The van der Waals surface area contributed by atoms with E-state index in [1.807, 2.05) is 0 Å². The fraction of sp³-hybridized carbons (Fsp3) is 0.364. The van der Waals surface area contributed by atoms with Crippen LogP contribution in [0.1, 0.15) is 23.2 Å². The van der Waals surface area contributed by atoms with Gasteiger partial charge in [0, 0.05) is 22.9 Å². The molecule has 94 valence electrons. The van der Waals surface area contributed by atoms with Crippen LogP contribution in [0.25, 0.3) is 0 Å². The smallest absolute Gasteiger partial charge is 0.294 e. The highest BCUT2D eigenvalue weighted by atomic mass is 79.9. The molecule has 0 bridgehead atoms. The average Bonchev–Trinajstić information content (AvgIpc) is 2.27. The number of hydrogen-bond donors (Lipinski definition) is 0. The second-order valence-corrected chi connectivity index (χ2v) is 4.41. The lowest BCUT2D eigenvalue weighted by molar-refractivity contribution is -0.132. The van der Waals surface area contributed by atoms with Gasteiger partial charge in [0.15, 0.2) is 5.78 Å². The Balaban J connectivity index is 2.59. The molecule has 0 unspecified atom stereocenters. The molecule has 0 atom stereocenters. The Morgan fingerprint density at radius 2 is 1.76 bits per heavy atom. The summed E-state index contributed by atoms with van der Waals surface area (Å²) in [4.78, 5) is 11.4. The lowest BCUT2D eigenvalue weighted by atomic mass is 10.0. The summed E-state index contributed by atoms with van der Waals surface area (Å²) >= 11 is 3.15. The van der Waals surface area contributed by atoms with Gasteiger partial charge in [0.05, 0.1) is 0 Å². The molecule has 0 heterocycles. The van der Waals surface area contributed by atoms with Crippen molar-refractivity contribution in [2.24, 2.45) is 0 Å². The third-order valence-corrected chi connectivity index (χ3v) is 2.70. The highest BCUT2D eigenvalue weighted by molar-refractivity contribution is 9.10. The molecule has 1 aromatic carbocycles. The van der Waals surface area contributed by atoms with Gasteiger partial charge in [-0.1, -0.05) is 28.1 Å². The van der Waals surface area contributed by atoms with Gasteiger partial charge in [0.1, 0.15) is 0 Å². The van der Waals surface area contributed by atoms with Crippen LogP contribution in [0, 0.1) is 0 Å². The van der Waals surface area contributed by atoms with Crippen LogP contribution in [-0.4, -0.2) is 18.1 Å². The Bertz CT molecular complexity index is 389. The number of Topliss-reactive ketones (excluding diaryl/α,β-unsaturated/α-hetero) is 1. The molecule has 0 aliphatic carbocycles. The number of hydrogen-bond acceptors (Lipinski definition) is 1. The topological polar surface area (TPSA) is 17.1 Å². The van der Waals surface area contributed by atoms with Crippen molar-refractivity contribution in [2.45, 2.75) is 25.2 Å². The Hall–Kier alpha value is -0.910. The number of ketones is 1. The molecule has 0 saturated heterocycles. The van der Waals surface area contributed by atoms with Crippen molar-refractivity contribution in [3.8, 4) is 0 Å². The van der Waals surface area contributed by atoms with Crippen molar-refractivity contribution < 1.29 is 22.4 Å². The summed E-state index contributed by atoms with van der Waals surface area (Å²) in [5.41, 5.74) is 0.235. The number of halogens is 5. The molecule has 6 heteroatoms. The molecule has 0 spiro atoms. The summed E-state index contributed by atoms with van der Waals surface area (Å²) in [6.45, 7) is 0. The van der Waals surface area contributed by atoms with Crippen molar-refractivity contribution in [3.05, 3.63) is 34.3 Å². The standard InChI is InChI=1S/C11H9BrF4O/c12-8-3-1-7(2-4-8)9(17)5-6-11(15,16)10(13)14/h1-4,10H,5-6H2. The van der Waals surface area contributed by atoms with E-state index in [0.717, 1.165) is 4.47 Å². The van der Waals surface area contributed by atoms with Gasteiger partial charge in [-0.3, -0.25) is 4.79 Å². The van der Waals surface area contributed by atoms with Crippen LogP contribution in [0.3, 0.4) is 0 Å². The van der Waals surface area contributed by atoms with Crippen molar-refractivity contribution in [2.75, 3.05) is 0 Å². The van der Waals surface area contributed by atoms with Crippen LogP contribution in [0.2, 0.25) is 0 Å². The highest BCUT2D eigenvalue weighted by Crippen LogP contribution is 2.28. The maximum Gasteiger partial charge on any atom is 0.307 e. The van der Waals surface area contributed by atoms with Gasteiger partial charge in [0.25, 0.3) is 0 Å². The van der Waals surface area contributed by atoms with Gasteiger partial charge in [-0.05, 0) is 12.1 Å². The van der Waals surface area contributed by atoms with Gasteiger partial charge < -0.3 is 0 Å². The Kier molecular flexibility index (Phi) is 4.68. The average molecular weight is 313 g/mol. The third kappa shape index (κ3) is 4.11. The first-order valence-electron chi connectivity index (χ1n) is 4.77. The van der Waals surface area contributed by atoms with E-state index in [9.17, 15) is 22.4 Å². The maximum atomic E-state index is 12.6. The first kappa shape index (κ1) is 14.2. The van der Waals surface area contributed by atoms with E-state index in [1.54, 1.807) is 12.1 Å². The van der Waals surface area contributed by atoms with Crippen LogP contribution in [0.15, 0.2) is 28.7 Å². The highest BCUT2D eigenvalue weighted by Gasteiger charge is 2.40. The largest absolute Gasteiger partial charge is 0.307 e. The van der Waals surface area contributed by atoms with Crippen LogP contribution in [0.5, 0.6) is 0 Å². The lowest BCUT2D eigenvalue weighted by Crippen LogP contribution is -2.27. The molecule has 0 amide bonds. The molecule has 0 aromatic heterocycles. The van der Waals surface area contributed by atoms with Crippen LogP contribution in [0.4, 0.5) is 17.6 Å². The fourth-order valence-electron chi connectivity index (χ4n) is 1.17. The van der Waals surface area contributed by atoms with Gasteiger partial charge in [-0.25, -0.2) is 17.6 Å². The third-order valence-electron chi connectivity index (χ3n) is 2.17. The molecule has 1 rings (SSSR count). The van der Waals surface area contributed by atoms with E-state index in [-0.39, 0.29) is 5.56 Å². The molecule has 0 N–H and O–H groups in total. The number of carbonyl (C=O) groups is 1. The first-order valence-corrected chi connectivity index (χ1v) is 5.57. The maximum absolute atomic E-state index is 12.6. The molecule has 1 aromatic rings. The second kappa shape index (κ2) is 5.62. The van der Waals surface area contributed by atoms with E-state index in [4.69, 9.17) is 0 Å². The van der Waals surface area contributed by atoms with Crippen molar-refractivity contribution >= 4 is 21.7 Å². The molecular formula is C11H9BrF4O. The second-order valence-electron chi connectivity index (χ2n) is 3.49. The zero-order chi connectivity index (χ0) is 13.1. The molecule has 0 fully saturated rings. The molecule has 0 radical (unpaired) electrons. The SMILES string of the molecule is O=C(CCC(F)(F)C(F)F)c1ccc(Br)cc1. The summed E-state index contributed by atoms with van der Waals surface area (Å²) in [6.07, 6.45) is -5.47. The monoisotopic (exact) mass is 312 g/mol. The lowest BCUT2D eigenvalue weighted by Gasteiger charge is -2.14. The van der Waals surface area contributed by atoms with Gasteiger partial charge in [-0.2, -0.15) is 0 Å².